The van der Waals surface area contributed by atoms with Crippen molar-refractivity contribution in [3.63, 3.8) is 0 Å². The SMILES string of the molecule is COc1ccc2c(c1)OC(C)CN(CC(=O)NCCc1ccccc1Cl)C2. The highest BCUT2D eigenvalue weighted by atomic mass is 35.5. The molecule has 0 spiro atoms. The average Bonchev–Trinajstić information content (AvgIpc) is 2.79. The number of benzene rings is 2. The first kappa shape index (κ1) is 19.5. The topological polar surface area (TPSA) is 50.8 Å². The lowest BCUT2D eigenvalue weighted by molar-refractivity contribution is -0.122. The van der Waals surface area contributed by atoms with Gasteiger partial charge in [-0.1, -0.05) is 35.9 Å². The zero-order valence-corrected chi connectivity index (χ0v) is 16.5. The molecule has 0 aromatic heterocycles. The van der Waals surface area contributed by atoms with Crippen LogP contribution in [0.25, 0.3) is 0 Å². The number of hydrogen-bond donors (Lipinski definition) is 1. The van der Waals surface area contributed by atoms with Crippen molar-refractivity contribution < 1.29 is 14.3 Å². The highest BCUT2D eigenvalue weighted by molar-refractivity contribution is 6.31. The molecule has 0 bridgehead atoms. The highest BCUT2D eigenvalue weighted by Crippen LogP contribution is 2.29. The Hall–Kier alpha value is -2.24. The van der Waals surface area contributed by atoms with Crippen LogP contribution < -0.4 is 14.8 Å². The van der Waals surface area contributed by atoms with E-state index in [9.17, 15) is 4.79 Å². The van der Waals surface area contributed by atoms with E-state index < -0.39 is 0 Å². The van der Waals surface area contributed by atoms with Gasteiger partial charge in [0.15, 0.2) is 0 Å². The van der Waals surface area contributed by atoms with Crippen LogP contribution in [0.5, 0.6) is 11.5 Å². The van der Waals surface area contributed by atoms with Gasteiger partial charge in [-0.25, -0.2) is 0 Å². The fourth-order valence-corrected chi connectivity index (χ4v) is 3.47. The molecule has 6 heteroatoms. The molecule has 1 N–H and O–H groups in total. The van der Waals surface area contributed by atoms with Crippen molar-refractivity contribution in [2.75, 3.05) is 26.7 Å². The number of ether oxygens (including phenoxy) is 2. The molecular weight excluding hydrogens is 364 g/mol. The maximum atomic E-state index is 12.4. The van der Waals surface area contributed by atoms with E-state index in [-0.39, 0.29) is 12.0 Å². The van der Waals surface area contributed by atoms with Gasteiger partial charge in [0.25, 0.3) is 0 Å². The molecular formula is C21H25ClN2O3. The van der Waals surface area contributed by atoms with E-state index in [2.05, 4.69) is 10.2 Å². The third-order valence-corrected chi connectivity index (χ3v) is 4.92. The van der Waals surface area contributed by atoms with Crippen LogP contribution in [0.4, 0.5) is 0 Å². The fraction of sp³-hybridized carbons (Fsp3) is 0.381. The Morgan fingerprint density at radius 3 is 2.93 bits per heavy atom. The van der Waals surface area contributed by atoms with Crippen molar-refractivity contribution in [1.82, 2.24) is 10.2 Å². The number of halogens is 1. The summed E-state index contributed by atoms with van der Waals surface area (Å²) in [6.07, 6.45) is 0.711. The lowest BCUT2D eigenvalue weighted by atomic mass is 10.1. The van der Waals surface area contributed by atoms with Crippen molar-refractivity contribution in [2.24, 2.45) is 0 Å². The minimum atomic E-state index is -0.00529. The predicted octanol–water partition coefficient (Wildman–Crippen LogP) is 3.29. The van der Waals surface area contributed by atoms with Crippen LogP contribution in [0, 0.1) is 0 Å². The summed E-state index contributed by atoms with van der Waals surface area (Å²) in [6, 6.07) is 13.5. The van der Waals surface area contributed by atoms with Gasteiger partial charge in [-0.15, -0.1) is 0 Å². The van der Waals surface area contributed by atoms with Crippen molar-refractivity contribution in [1.29, 1.82) is 0 Å². The van der Waals surface area contributed by atoms with E-state index in [1.807, 2.05) is 49.4 Å². The van der Waals surface area contributed by atoms with E-state index in [1.165, 1.54) is 0 Å². The Morgan fingerprint density at radius 2 is 2.15 bits per heavy atom. The molecule has 0 radical (unpaired) electrons. The molecule has 0 fully saturated rings. The van der Waals surface area contributed by atoms with Crippen molar-refractivity contribution in [3.8, 4) is 11.5 Å². The Bertz CT molecular complexity index is 797. The second-order valence-corrected chi connectivity index (χ2v) is 7.17. The monoisotopic (exact) mass is 388 g/mol. The fourth-order valence-electron chi connectivity index (χ4n) is 3.24. The third kappa shape index (κ3) is 5.37. The molecule has 1 atom stereocenters. The van der Waals surface area contributed by atoms with E-state index in [0.29, 0.717) is 32.6 Å². The largest absolute Gasteiger partial charge is 0.497 e. The Labute approximate surface area is 165 Å². The zero-order chi connectivity index (χ0) is 19.2. The highest BCUT2D eigenvalue weighted by Gasteiger charge is 2.22. The molecule has 1 amide bonds. The van der Waals surface area contributed by atoms with Gasteiger partial charge in [-0.3, -0.25) is 9.69 Å². The number of hydrogen-bond acceptors (Lipinski definition) is 4. The summed E-state index contributed by atoms with van der Waals surface area (Å²) >= 11 is 6.16. The van der Waals surface area contributed by atoms with Crippen LogP contribution in [0.2, 0.25) is 5.02 Å². The van der Waals surface area contributed by atoms with Crippen LogP contribution in [0.3, 0.4) is 0 Å². The van der Waals surface area contributed by atoms with E-state index >= 15 is 0 Å². The van der Waals surface area contributed by atoms with Crippen molar-refractivity contribution in [2.45, 2.75) is 26.0 Å². The Morgan fingerprint density at radius 1 is 1.33 bits per heavy atom. The minimum absolute atomic E-state index is 0.00529. The van der Waals surface area contributed by atoms with Gasteiger partial charge in [0, 0.05) is 36.3 Å². The van der Waals surface area contributed by atoms with Crippen LogP contribution >= 0.6 is 11.6 Å². The van der Waals surface area contributed by atoms with Crippen LogP contribution in [-0.2, 0) is 17.8 Å². The maximum Gasteiger partial charge on any atom is 0.234 e. The number of carbonyl (C=O) groups is 1. The predicted molar refractivity (Wildman–Crippen MR) is 107 cm³/mol. The number of amides is 1. The first-order chi connectivity index (χ1) is 13.0. The first-order valence-corrected chi connectivity index (χ1v) is 9.49. The summed E-state index contributed by atoms with van der Waals surface area (Å²) in [5.41, 5.74) is 2.10. The molecule has 0 saturated carbocycles. The van der Waals surface area contributed by atoms with E-state index in [0.717, 1.165) is 27.6 Å². The maximum absolute atomic E-state index is 12.4. The summed E-state index contributed by atoms with van der Waals surface area (Å²) in [5, 5.41) is 3.72. The van der Waals surface area contributed by atoms with Crippen LogP contribution in [-0.4, -0.2) is 43.7 Å². The lowest BCUT2D eigenvalue weighted by Gasteiger charge is -2.21. The first-order valence-electron chi connectivity index (χ1n) is 9.11. The number of fused-ring (bicyclic) bond motifs is 1. The molecule has 2 aromatic rings. The number of carbonyl (C=O) groups excluding carboxylic acids is 1. The molecule has 5 nitrogen and oxygen atoms in total. The summed E-state index contributed by atoms with van der Waals surface area (Å²) in [6.45, 7) is 4.27. The second-order valence-electron chi connectivity index (χ2n) is 6.76. The number of rotatable bonds is 6. The quantitative estimate of drug-likeness (QED) is 0.825. The Balaban J connectivity index is 1.54. The molecule has 1 unspecified atom stereocenters. The number of nitrogens with zero attached hydrogens (tertiary/aromatic N) is 1. The normalized spacial score (nSPS) is 16.8. The molecule has 0 saturated heterocycles. The summed E-state index contributed by atoms with van der Waals surface area (Å²) in [7, 11) is 1.64. The number of nitrogens with one attached hydrogen (secondary N) is 1. The van der Waals surface area contributed by atoms with Gasteiger partial charge < -0.3 is 14.8 Å². The van der Waals surface area contributed by atoms with Crippen LogP contribution in [0.15, 0.2) is 42.5 Å². The smallest absolute Gasteiger partial charge is 0.234 e. The molecule has 3 rings (SSSR count). The second kappa shape index (κ2) is 9.11. The zero-order valence-electron chi connectivity index (χ0n) is 15.7. The summed E-state index contributed by atoms with van der Waals surface area (Å²) in [5.74, 6) is 1.60. The van der Waals surface area contributed by atoms with Gasteiger partial charge in [0.2, 0.25) is 5.91 Å². The van der Waals surface area contributed by atoms with Crippen molar-refractivity contribution >= 4 is 17.5 Å². The molecule has 1 aliphatic rings. The standard InChI is InChI=1S/C21H25ClN2O3/c1-15-12-24(13-17-7-8-18(26-2)11-20(17)27-15)14-21(25)23-10-9-16-5-3-4-6-19(16)22/h3-8,11,15H,9-10,12-14H2,1-2H3,(H,23,25). The lowest BCUT2D eigenvalue weighted by Crippen LogP contribution is -2.40. The van der Waals surface area contributed by atoms with E-state index in [1.54, 1.807) is 7.11 Å². The van der Waals surface area contributed by atoms with E-state index in [4.69, 9.17) is 21.1 Å². The number of methoxy groups -OCH3 is 1. The minimum Gasteiger partial charge on any atom is -0.497 e. The molecule has 144 valence electrons. The molecule has 27 heavy (non-hydrogen) atoms. The van der Waals surface area contributed by atoms with Gasteiger partial charge in [0.1, 0.15) is 17.6 Å². The van der Waals surface area contributed by atoms with Gasteiger partial charge in [-0.05, 0) is 31.0 Å². The molecule has 1 aliphatic heterocycles. The Kier molecular flexibility index (Phi) is 6.58. The molecule has 2 aromatic carbocycles. The summed E-state index contributed by atoms with van der Waals surface area (Å²) in [4.78, 5) is 14.5. The van der Waals surface area contributed by atoms with Gasteiger partial charge >= 0.3 is 0 Å². The molecule has 0 aliphatic carbocycles. The van der Waals surface area contributed by atoms with Crippen LogP contribution in [0.1, 0.15) is 18.1 Å². The van der Waals surface area contributed by atoms with Crippen molar-refractivity contribution in [3.05, 3.63) is 58.6 Å². The average molecular weight is 389 g/mol. The summed E-state index contributed by atoms with van der Waals surface area (Å²) < 4.78 is 11.3. The molecule has 1 heterocycles. The third-order valence-electron chi connectivity index (χ3n) is 4.55. The van der Waals surface area contributed by atoms with Gasteiger partial charge in [-0.2, -0.15) is 0 Å². The van der Waals surface area contributed by atoms with Gasteiger partial charge in [0.05, 0.1) is 13.7 Å².